The van der Waals surface area contributed by atoms with E-state index in [9.17, 15) is 13.2 Å². The number of carbonyl (C=O) groups is 1. The van der Waals surface area contributed by atoms with Crippen LogP contribution in [-0.4, -0.2) is 48.4 Å². The van der Waals surface area contributed by atoms with Gasteiger partial charge in [0, 0.05) is 18.7 Å². The molecule has 1 atom stereocenters. The van der Waals surface area contributed by atoms with Crippen LogP contribution >= 0.6 is 0 Å². The smallest absolute Gasteiger partial charge is 0.270 e. The molecule has 1 aliphatic rings. The summed E-state index contributed by atoms with van der Waals surface area (Å²) in [6.07, 6.45) is 2.35. The quantitative estimate of drug-likeness (QED) is 0.701. The molecule has 0 aliphatic carbocycles. The van der Waals surface area contributed by atoms with E-state index in [2.05, 4.69) is 32.7 Å². The maximum absolute atomic E-state index is 12.4. The molecule has 7 nitrogen and oxygen atoms in total. The fourth-order valence-electron chi connectivity index (χ4n) is 3.10. The van der Waals surface area contributed by atoms with E-state index in [1.165, 1.54) is 5.56 Å². The zero-order chi connectivity index (χ0) is 19.3. The third-order valence-electron chi connectivity index (χ3n) is 4.43. The van der Waals surface area contributed by atoms with Gasteiger partial charge in [0.2, 0.25) is 0 Å². The van der Waals surface area contributed by atoms with Gasteiger partial charge < -0.3 is 10.6 Å². The van der Waals surface area contributed by atoms with Gasteiger partial charge in [-0.3, -0.25) is 4.79 Å². The van der Waals surface area contributed by atoms with Crippen LogP contribution in [0.25, 0.3) is 0 Å². The van der Waals surface area contributed by atoms with Gasteiger partial charge in [-0.25, -0.2) is 18.4 Å². The fourth-order valence-corrected chi connectivity index (χ4v) is 4.77. The highest BCUT2D eigenvalue weighted by atomic mass is 32.2. The molecule has 1 unspecified atom stereocenters. The van der Waals surface area contributed by atoms with Gasteiger partial charge in [-0.1, -0.05) is 30.3 Å². The number of amides is 1. The standard InChI is InChI=1S/C19H24N4O3S/c1-14-21-17(19(24)23-16-9-11-27(25,26)13-16)12-18(22-14)20-10-5-8-15-6-3-2-4-7-15/h2-4,6-7,12,16H,5,8-11,13H2,1H3,(H,23,24)(H,20,21,22). The first-order chi connectivity index (χ1) is 12.9. The van der Waals surface area contributed by atoms with E-state index >= 15 is 0 Å². The van der Waals surface area contributed by atoms with Crippen molar-refractivity contribution in [3.8, 4) is 0 Å². The summed E-state index contributed by atoms with van der Waals surface area (Å²) in [4.78, 5) is 20.9. The van der Waals surface area contributed by atoms with Gasteiger partial charge in [-0.05, 0) is 31.7 Å². The predicted octanol–water partition coefficient (Wildman–Crippen LogP) is 1.75. The molecule has 3 rings (SSSR count). The molecular weight excluding hydrogens is 364 g/mol. The Morgan fingerprint density at radius 1 is 1.22 bits per heavy atom. The molecule has 1 amide bonds. The summed E-state index contributed by atoms with van der Waals surface area (Å²) in [5.41, 5.74) is 1.53. The molecule has 1 aliphatic heterocycles. The molecule has 0 spiro atoms. The van der Waals surface area contributed by atoms with Crippen LogP contribution < -0.4 is 10.6 Å². The summed E-state index contributed by atoms with van der Waals surface area (Å²) in [6.45, 7) is 2.46. The van der Waals surface area contributed by atoms with E-state index in [-0.39, 0.29) is 29.1 Å². The van der Waals surface area contributed by atoms with Gasteiger partial charge in [-0.2, -0.15) is 0 Å². The van der Waals surface area contributed by atoms with Crippen molar-refractivity contribution in [1.29, 1.82) is 0 Å². The van der Waals surface area contributed by atoms with Crippen molar-refractivity contribution in [3.05, 3.63) is 53.5 Å². The minimum Gasteiger partial charge on any atom is -0.370 e. The Morgan fingerprint density at radius 3 is 2.70 bits per heavy atom. The first-order valence-electron chi connectivity index (χ1n) is 9.06. The van der Waals surface area contributed by atoms with Crippen LogP contribution in [0.5, 0.6) is 0 Å². The molecule has 2 aromatic rings. The molecule has 144 valence electrons. The molecule has 1 saturated heterocycles. The van der Waals surface area contributed by atoms with Gasteiger partial charge >= 0.3 is 0 Å². The first-order valence-corrected chi connectivity index (χ1v) is 10.9. The summed E-state index contributed by atoms with van der Waals surface area (Å²) in [7, 11) is -3.04. The van der Waals surface area contributed by atoms with Crippen LogP contribution in [0.3, 0.4) is 0 Å². The van der Waals surface area contributed by atoms with Crippen molar-refractivity contribution in [2.24, 2.45) is 0 Å². The number of hydrogen-bond donors (Lipinski definition) is 2. The number of anilines is 1. The van der Waals surface area contributed by atoms with E-state index in [4.69, 9.17) is 0 Å². The van der Waals surface area contributed by atoms with Crippen LogP contribution in [0, 0.1) is 6.92 Å². The monoisotopic (exact) mass is 388 g/mol. The van der Waals surface area contributed by atoms with Crippen molar-refractivity contribution in [2.45, 2.75) is 32.2 Å². The first kappa shape index (κ1) is 19.3. The molecule has 0 saturated carbocycles. The molecule has 1 aromatic heterocycles. The Hall–Kier alpha value is -2.48. The van der Waals surface area contributed by atoms with Gasteiger partial charge in [0.1, 0.15) is 17.3 Å². The van der Waals surface area contributed by atoms with Gasteiger partial charge in [0.25, 0.3) is 5.91 Å². The highest BCUT2D eigenvalue weighted by Crippen LogP contribution is 2.13. The fraction of sp³-hybridized carbons (Fsp3) is 0.421. The highest BCUT2D eigenvalue weighted by molar-refractivity contribution is 7.91. The summed E-state index contributed by atoms with van der Waals surface area (Å²) in [6, 6.07) is 11.5. The second kappa shape index (κ2) is 8.47. The molecule has 0 bridgehead atoms. The third-order valence-corrected chi connectivity index (χ3v) is 6.20. The van der Waals surface area contributed by atoms with Crippen molar-refractivity contribution in [1.82, 2.24) is 15.3 Å². The number of nitrogens with one attached hydrogen (secondary N) is 2. The molecule has 0 radical (unpaired) electrons. The molecular formula is C19H24N4O3S. The summed E-state index contributed by atoms with van der Waals surface area (Å²) >= 11 is 0. The summed E-state index contributed by atoms with van der Waals surface area (Å²) in [5.74, 6) is 0.837. The Balaban J connectivity index is 1.54. The largest absolute Gasteiger partial charge is 0.370 e. The molecule has 27 heavy (non-hydrogen) atoms. The minimum atomic E-state index is -3.04. The van der Waals surface area contributed by atoms with Crippen LogP contribution in [0.1, 0.15) is 34.7 Å². The number of hydrogen-bond acceptors (Lipinski definition) is 6. The Labute approximate surface area is 159 Å². The number of aryl methyl sites for hydroxylation is 2. The van der Waals surface area contributed by atoms with Crippen LogP contribution in [0.4, 0.5) is 5.82 Å². The van der Waals surface area contributed by atoms with E-state index in [0.29, 0.717) is 18.1 Å². The number of rotatable bonds is 7. The van der Waals surface area contributed by atoms with Crippen LogP contribution in [0.15, 0.2) is 36.4 Å². The van der Waals surface area contributed by atoms with E-state index in [1.54, 1.807) is 13.0 Å². The van der Waals surface area contributed by atoms with E-state index in [1.807, 2.05) is 18.2 Å². The Morgan fingerprint density at radius 2 is 2.00 bits per heavy atom. The maximum Gasteiger partial charge on any atom is 0.270 e. The topological polar surface area (TPSA) is 101 Å². The van der Waals surface area contributed by atoms with Gasteiger partial charge in [0.05, 0.1) is 11.5 Å². The average Bonchev–Trinajstić information content (AvgIpc) is 2.97. The molecule has 1 fully saturated rings. The van der Waals surface area contributed by atoms with Gasteiger partial charge in [-0.15, -0.1) is 0 Å². The van der Waals surface area contributed by atoms with Crippen molar-refractivity contribution in [3.63, 3.8) is 0 Å². The summed E-state index contributed by atoms with van der Waals surface area (Å²) < 4.78 is 23.1. The molecule has 8 heteroatoms. The predicted molar refractivity (Wildman–Crippen MR) is 105 cm³/mol. The lowest BCUT2D eigenvalue weighted by Crippen LogP contribution is -2.36. The zero-order valence-electron chi connectivity index (χ0n) is 15.3. The summed E-state index contributed by atoms with van der Waals surface area (Å²) in [5, 5.41) is 5.99. The van der Waals surface area contributed by atoms with Crippen molar-refractivity contribution >= 4 is 21.6 Å². The van der Waals surface area contributed by atoms with E-state index in [0.717, 1.165) is 19.4 Å². The SMILES string of the molecule is Cc1nc(NCCCc2ccccc2)cc(C(=O)NC2CCS(=O)(=O)C2)n1. The minimum absolute atomic E-state index is 0.00655. The van der Waals surface area contributed by atoms with Crippen LogP contribution in [0.2, 0.25) is 0 Å². The second-order valence-corrected chi connectivity index (χ2v) is 9.00. The average molecular weight is 388 g/mol. The lowest BCUT2D eigenvalue weighted by molar-refractivity contribution is 0.0935. The third kappa shape index (κ3) is 5.75. The zero-order valence-corrected chi connectivity index (χ0v) is 16.1. The molecule has 2 N–H and O–H groups in total. The molecule has 1 aromatic carbocycles. The van der Waals surface area contributed by atoms with Crippen LogP contribution in [-0.2, 0) is 16.3 Å². The lowest BCUT2D eigenvalue weighted by atomic mass is 10.1. The highest BCUT2D eigenvalue weighted by Gasteiger charge is 2.29. The maximum atomic E-state index is 12.4. The molecule has 2 heterocycles. The van der Waals surface area contributed by atoms with Crippen molar-refractivity contribution in [2.75, 3.05) is 23.4 Å². The second-order valence-electron chi connectivity index (χ2n) is 6.77. The lowest BCUT2D eigenvalue weighted by Gasteiger charge is -2.12. The number of sulfone groups is 1. The van der Waals surface area contributed by atoms with Crippen molar-refractivity contribution < 1.29 is 13.2 Å². The number of aromatic nitrogens is 2. The number of carbonyl (C=O) groups excluding carboxylic acids is 1. The Bertz CT molecular complexity index is 900. The number of nitrogens with zero attached hydrogens (tertiary/aromatic N) is 2. The number of benzene rings is 1. The van der Waals surface area contributed by atoms with Gasteiger partial charge in [0.15, 0.2) is 9.84 Å². The van der Waals surface area contributed by atoms with E-state index < -0.39 is 9.84 Å². The normalized spacial score (nSPS) is 18.2. The Kier molecular flexibility index (Phi) is 6.05.